The quantitative estimate of drug-likeness (QED) is 0.0516. The predicted octanol–water partition coefficient (Wildman–Crippen LogP) is 7.20. The molecule has 3 heterocycles. The van der Waals surface area contributed by atoms with Gasteiger partial charge in [0.15, 0.2) is 11.5 Å². The van der Waals surface area contributed by atoms with Crippen molar-refractivity contribution in [3.8, 4) is 11.5 Å². The van der Waals surface area contributed by atoms with Gasteiger partial charge in [-0.15, -0.1) is 0 Å². The van der Waals surface area contributed by atoms with Crippen molar-refractivity contribution in [3.63, 3.8) is 0 Å². The van der Waals surface area contributed by atoms with Crippen molar-refractivity contribution >= 4 is 51.9 Å². The summed E-state index contributed by atoms with van der Waals surface area (Å²) in [6.07, 6.45) is 5.30. The molecule has 0 spiro atoms. The van der Waals surface area contributed by atoms with Gasteiger partial charge in [-0.25, -0.2) is 14.4 Å². The number of anilines is 2. The minimum absolute atomic E-state index is 0.0226. The van der Waals surface area contributed by atoms with E-state index >= 15 is 13.2 Å². The molecule has 2 atom stereocenters. The Morgan fingerprint density at radius 1 is 1.03 bits per heavy atom. The number of piperidine rings is 1. The molecule has 1 aliphatic carbocycles. The molecule has 15 nitrogen and oxygen atoms in total. The molecule has 7 rings (SSSR count). The number of carbonyl (C=O) groups is 5. The highest BCUT2D eigenvalue weighted by Crippen LogP contribution is 2.48. The first kappa shape index (κ1) is 47.7. The number of hydrogen-bond donors (Lipinski definition) is 4. The zero-order chi connectivity index (χ0) is 47.7. The second-order valence-corrected chi connectivity index (χ2v) is 18.2. The topological polar surface area (TPSA) is 192 Å². The summed E-state index contributed by atoms with van der Waals surface area (Å²) in [7, 11) is 3.30. The number of fused-ring (bicyclic) bond motifs is 2. The third-order valence-electron chi connectivity index (χ3n) is 12.6. The van der Waals surface area contributed by atoms with E-state index in [0.29, 0.717) is 72.3 Å². The number of alkyl halides is 2. The van der Waals surface area contributed by atoms with E-state index in [0.717, 1.165) is 56.9 Å². The van der Waals surface area contributed by atoms with E-state index in [2.05, 4.69) is 25.9 Å². The van der Waals surface area contributed by atoms with Crippen molar-refractivity contribution in [1.82, 2.24) is 25.1 Å². The van der Waals surface area contributed by atoms with Crippen molar-refractivity contribution in [2.45, 2.75) is 109 Å². The molecule has 4 aromatic rings. The maximum Gasteiger partial charge on any atom is 0.303 e. The number of aryl methyl sites for hydroxylation is 1. The molecule has 352 valence electrons. The Morgan fingerprint density at radius 3 is 2.45 bits per heavy atom. The Morgan fingerprint density at radius 2 is 1.76 bits per heavy atom. The van der Waals surface area contributed by atoms with Crippen LogP contribution in [0.15, 0.2) is 48.5 Å². The fraction of sp³-hybridized carbons (Fsp3) is 0.479. The fourth-order valence-electron chi connectivity index (χ4n) is 8.55. The highest BCUT2D eigenvalue weighted by molar-refractivity contribution is 6.25. The van der Waals surface area contributed by atoms with Gasteiger partial charge in [0.1, 0.15) is 29.1 Å². The molecule has 1 aromatic heterocycles. The summed E-state index contributed by atoms with van der Waals surface area (Å²) in [6.45, 7) is 6.51. The summed E-state index contributed by atoms with van der Waals surface area (Å²) in [4.78, 5) is 75.6. The highest BCUT2D eigenvalue weighted by Gasteiger charge is 2.50. The summed E-state index contributed by atoms with van der Waals surface area (Å²) < 4.78 is 57.9. The summed E-state index contributed by atoms with van der Waals surface area (Å²) >= 11 is 0. The van der Waals surface area contributed by atoms with Crippen LogP contribution in [0.4, 0.5) is 24.7 Å². The number of hydrogen-bond acceptors (Lipinski definition) is 12. The van der Waals surface area contributed by atoms with Crippen LogP contribution in [0.25, 0.3) is 10.9 Å². The van der Waals surface area contributed by atoms with Gasteiger partial charge in [0.2, 0.25) is 17.7 Å². The number of halogens is 3. The molecule has 5 amide bonds. The van der Waals surface area contributed by atoms with E-state index in [4.69, 9.17) is 9.47 Å². The van der Waals surface area contributed by atoms with Crippen molar-refractivity contribution < 1.29 is 51.7 Å². The van der Waals surface area contributed by atoms with E-state index in [1.54, 1.807) is 56.1 Å². The molecule has 0 radical (unpaired) electrons. The molecule has 18 heteroatoms. The van der Waals surface area contributed by atoms with Crippen LogP contribution in [0.1, 0.15) is 122 Å². The normalized spacial score (nSPS) is 17.4. The van der Waals surface area contributed by atoms with Gasteiger partial charge in [0, 0.05) is 61.1 Å². The molecule has 0 bridgehead atoms. The molecular formula is C48H56F3N7O8. The zero-order valence-electron chi connectivity index (χ0n) is 38.0. The summed E-state index contributed by atoms with van der Waals surface area (Å²) in [5, 5.41) is 19.3. The number of nitrogens with one attached hydrogen (secondary N) is 3. The van der Waals surface area contributed by atoms with Gasteiger partial charge in [-0.2, -0.15) is 8.78 Å². The summed E-state index contributed by atoms with van der Waals surface area (Å²) in [5.74, 6) is -5.61. The van der Waals surface area contributed by atoms with E-state index < -0.39 is 58.6 Å². The fourth-order valence-corrected chi connectivity index (χ4v) is 8.55. The molecule has 1 saturated heterocycles. The second kappa shape index (κ2) is 18.9. The maximum atomic E-state index is 15.7. The van der Waals surface area contributed by atoms with Crippen molar-refractivity contribution in [2.24, 2.45) is 5.41 Å². The highest BCUT2D eigenvalue weighted by atomic mass is 19.3. The molecule has 66 heavy (non-hydrogen) atoms. The predicted molar refractivity (Wildman–Crippen MR) is 239 cm³/mol. The van der Waals surface area contributed by atoms with Crippen LogP contribution in [0.5, 0.6) is 11.5 Å². The largest absolute Gasteiger partial charge is 0.493 e. The minimum atomic E-state index is -3.86. The van der Waals surface area contributed by atoms with E-state index in [-0.39, 0.29) is 40.9 Å². The number of rotatable bonds is 20. The number of ether oxygens (including phenoxy) is 2. The van der Waals surface area contributed by atoms with E-state index in [1.165, 1.54) is 19.2 Å². The number of unbranched alkanes of at least 4 members (excludes halogenated alkanes) is 3. The van der Waals surface area contributed by atoms with Crippen LogP contribution in [0.2, 0.25) is 0 Å². The van der Waals surface area contributed by atoms with Gasteiger partial charge in [0.05, 0.1) is 42.0 Å². The number of aromatic nitrogens is 2. The standard InChI is InChI=1S/C48H56F3N7O8/c1-27(29-13-11-15-32(41(29)49)48(50,51)46(3,4)64)53-42-31-23-37(36(65-6)24-34(31)54-28(2)55-42)66-26-47(20-21-47)25-57(5)39(60)17-9-7-8-10-22-52-33-16-12-14-30-40(33)45(63)58(44(30)62)35-18-19-38(59)56-43(35)61/h11-16,23-24,27,35,52,64H,7-10,17-22,25-26H2,1-6H3,(H,53,54,55)(H,56,59,61)/t27-,35?/m1/s1. The second-order valence-electron chi connectivity index (χ2n) is 18.2. The molecule has 1 saturated carbocycles. The number of benzene rings is 3. The summed E-state index contributed by atoms with van der Waals surface area (Å²) in [5.41, 5.74) is -2.26. The molecule has 4 N–H and O–H groups in total. The molecule has 2 fully saturated rings. The van der Waals surface area contributed by atoms with Gasteiger partial charge in [-0.3, -0.25) is 34.2 Å². The first-order valence-corrected chi connectivity index (χ1v) is 22.2. The van der Waals surface area contributed by atoms with Gasteiger partial charge in [0.25, 0.3) is 11.8 Å². The Labute approximate surface area is 380 Å². The van der Waals surface area contributed by atoms with Gasteiger partial charge in [-0.1, -0.05) is 31.0 Å². The van der Waals surface area contributed by atoms with Crippen LogP contribution in [-0.2, 0) is 20.3 Å². The average molecular weight is 916 g/mol. The number of aliphatic hydroxyl groups is 1. The molecule has 2 aliphatic heterocycles. The van der Waals surface area contributed by atoms with Crippen molar-refractivity contribution in [2.75, 3.05) is 44.5 Å². The summed E-state index contributed by atoms with van der Waals surface area (Å²) in [6, 6.07) is 10.2. The molecule has 1 unspecified atom stereocenters. The Balaban J connectivity index is 0.896. The Hall–Kier alpha value is -6.30. The van der Waals surface area contributed by atoms with Crippen molar-refractivity contribution in [1.29, 1.82) is 0 Å². The lowest BCUT2D eigenvalue weighted by Crippen LogP contribution is -2.54. The van der Waals surface area contributed by atoms with Gasteiger partial charge >= 0.3 is 5.92 Å². The SMILES string of the molecule is COc1cc2nc(C)nc(N[C@H](C)c3cccc(C(F)(F)C(C)(C)O)c3F)c2cc1OCC1(CN(C)C(=O)CCCCCCNc2cccc3c2C(=O)N(C2CCC(=O)NC2=O)C3=O)CC1. The number of amides is 5. The first-order valence-electron chi connectivity index (χ1n) is 22.2. The van der Waals surface area contributed by atoms with E-state index in [9.17, 15) is 29.1 Å². The molecule has 3 aliphatic rings. The average Bonchev–Trinajstić information content (AvgIpc) is 3.98. The lowest BCUT2D eigenvalue weighted by molar-refractivity contribution is -0.170. The zero-order valence-corrected chi connectivity index (χ0v) is 38.0. The third kappa shape index (κ3) is 9.78. The lowest BCUT2D eigenvalue weighted by atomic mass is 9.91. The maximum absolute atomic E-state index is 15.7. The number of carbonyl (C=O) groups excluding carboxylic acids is 5. The smallest absolute Gasteiger partial charge is 0.303 e. The van der Waals surface area contributed by atoms with Crippen molar-refractivity contribution in [3.05, 3.63) is 82.4 Å². The van der Waals surface area contributed by atoms with E-state index in [1.807, 2.05) is 0 Å². The van der Waals surface area contributed by atoms with Gasteiger partial charge in [-0.05, 0) is 84.1 Å². The Bertz CT molecular complexity index is 2560. The van der Waals surface area contributed by atoms with Crippen LogP contribution < -0.4 is 25.4 Å². The minimum Gasteiger partial charge on any atom is -0.493 e. The van der Waals surface area contributed by atoms with Crippen LogP contribution in [0.3, 0.4) is 0 Å². The first-order chi connectivity index (χ1) is 31.2. The lowest BCUT2D eigenvalue weighted by Gasteiger charge is -2.30. The number of imide groups is 2. The van der Waals surface area contributed by atoms with Crippen LogP contribution >= 0.6 is 0 Å². The Kier molecular flexibility index (Phi) is 13.6. The monoisotopic (exact) mass is 915 g/mol. The number of methoxy groups -OCH3 is 1. The molecular weight excluding hydrogens is 860 g/mol. The van der Waals surface area contributed by atoms with Crippen LogP contribution in [0, 0.1) is 18.2 Å². The van der Waals surface area contributed by atoms with Gasteiger partial charge < -0.3 is 30.1 Å². The van der Waals surface area contributed by atoms with Crippen LogP contribution in [-0.4, -0.2) is 99.9 Å². The molecule has 3 aromatic carbocycles. The number of nitrogens with zero attached hydrogens (tertiary/aromatic N) is 4. The third-order valence-corrected chi connectivity index (χ3v) is 12.6.